The van der Waals surface area contributed by atoms with Crippen LogP contribution in [0.4, 0.5) is 0 Å². The quantitative estimate of drug-likeness (QED) is 0.544. The van der Waals surface area contributed by atoms with Gasteiger partial charge < -0.3 is 15.2 Å². The third kappa shape index (κ3) is 2.98. The molecule has 140 valence electrons. The number of nitriles is 1. The number of methoxy groups -OCH3 is 2. The van der Waals surface area contributed by atoms with Crippen LogP contribution in [0.25, 0.3) is 32.7 Å². The van der Waals surface area contributed by atoms with Crippen molar-refractivity contribution in [3.63, 3.8) is 0 Å². The number of carbonyl (C=O) groups excluding carboxylic acids is 2. The number of hydrogen-bond donors (Lipinski definition) is 1. The SMILES string of the molecule is COC(=O)C(C#N)=c1c2ccccc2c(=C(CN)C(=O)OC)c2ccccc12. The maximum absolute atomic E-state index is 12.4. The van der Waals surface area contributed by atoms with Gasteiger partial charge in [-0.2, -0.15) is 5.26 Å². The number of nitrogens with two attached hydrogens (primary N) is 1. The molecule has 0 saturated carbocycles. The number of hydrogen-bond acceptors (Lipinski definition) is 6. The van der Waals surface area contributed by atoms with E-state index in [9.17, 15) is 14.9 Å². The molecule has 0 bridgehead atoms. The van der Waals surface area contributed by atoms with E-state index in [0.29, 0.717) is 37.6 Å². The van der Waals surface area contributed by atoms with E-state index in [-0.39, 0.29) is 12.1 Å². The summed E-state index contributed by atoms with van der Waals surface area (Å²) in [5.74, 6) is -1.25. The molecule has 0 saturated heterocycles. The standard InChI is InChI=1S/C22H18N2O4/c1-27-21(25)17(11-23)19-13-7-3-5-9-15(13)20(18(12-24)22(26)28-2)16-10-6-4-8-14(16)19/h3-10H,11,23H2,1-2H3. The maximum Gasteiger partial charge on any atom is 0.349 e. The van der Waals surface area contributed by atoms with Gasteiger partial charge >= 0.3 is 11.9 Å². The summed E-state index contributed by atoms with van der Waals surface area (Å²) < 4.78 is 9.73. The van der Waals surface area contributed by atoms with E-state index in [1.165, 1.54) is 14.2 Å². The second-order valence-electron chi connectivity index (χ2n) is 5.99. The summed E-state index contributed by atoms with van der Waals surface area (Å²) in [6.45, 7) is -0.0220. The molecule has 0 radical (unpaired) electrons. The Balaban J connectivity index is 2.82. The third-order valence-electron chi connectivity index (χ3n) is 4.62. The van der Waals surface area contributed by atoms with Crippen molar-refractivity contribution >= 4 is 44.6 Å². The highest BCUT2D eigenvalue weighted by molar-refractivity contribution is 6.21. The molecule has 0 aromatic heterocycles. The first-order valence-electron chi connectivity index (χ1n) is 8.52. The van der Waals surface area contributed by atoms with Crippen LogP contribution in [0.2, 0.25) is 0 Å². The molecule has 0 fully saturated rings. The zero-order valence-electron chi connectivity index (χ0n) is 15.5. The van der Waals surface area contributed by atoms with E-state index in [1.54, 1.807) is 24.3 Å². The minimum absolute atomic E-state index is 0.0220. The predicted molar refractivity (Wildman–Crippen MR) is 106 cm³/mol. The minimum Gasteiger partial charge on any atom is -0.466 e. The van der Waals surface area contributed by atoms with Crippen LogP contribution in [0, 0.1) is 11.3 Å². The predicted octanol–water partition coefficient (Wildman–Crippen LogP) is 1.12. The fourth-order valence-electron chi connectivity index (χ4n) is 3.44. The van der Waals surface area contributed by atoms with Gasteiger partial charge in [-0.15, -0.1) is 0 Å². The van der Waals surface area contributed by atoms with Crippen LogP contribution in [-0.4, -0.2) is 32.7 Å². The van der Waals surface area contributed by atoms with Gasteiger partial charge in [0.1, 0.15) is 11.6 Å². The molecule has 0 aliphatic rings. The molecule has 28 heavy (non-hydrogen) atoms. The lowest BCUT2D eigenvalue weighted by molar-refractivity contribution is -0.134. The molecule has 0 spiro atoms. The largest absolute Gasteiger partial charge is 0.466 e. The molecular weight excluding hydrogens is 356 g/mol. The number of nitrogens with zero attached hydrogens (tertiary/aromatic N) is 1. The van der Waals surface area contributed by atoms with Crippen molar-refractivity contribution in [2.45, 2.75) is 0 Å². The lowest BCUT2D eigenvalue weighted by Crippen LogP contribution is -2.26. The fraction of sp³-hybridized carbons (Fsp3) is 0.136. The number of benzene rings is 3. The van der Waals surface area contributed by atoms with Crippen LogP contribution >= 0.6 is 0 Å². The summed E-state index contributed by atoms with van der Waals surface area (Å²) in [4.78, 5) is 24.7. The van der Waals surface area contributed by atoms with Crippen LogP contribution in [0.15, 0.2) is 48.5 Å². The molecule has 3 rings (SSSR count). The normalized spacial score (nSPS) is 10.4. The number of esters is 2. The Morgan fingerprint density at radius 1 is 0.857 bits per heavy atom. The van der Waals surface area contributed by atoms with Crippen LogP contribution in [0.5, 0.6) is 0 Å². The van der Waals surface area contributed by atoms with E-state index < -0.39 is 11.9 Å². The molecule has 6 nitrogen and oxygen atoms in total. The van der Waals surface area contributed by atoms with Crippen molar-refractivity contribution in [2.75, 3.05) is 20.8 Å². The monoisotopic (exact) mass is 374 g/mol. The summed E-state index contributed by atoms with van der Waals surface area (Å²) in [7, 11) is 2.53. The van der Waals surface area contributed by atoms with Crippen molar-refractivity contribution in [1.82, 2.24) is 0 Å². The minimum atomic E-state index is -0.721. The van der Waals surface area contributed by atoms with E-state index in [0.717, 1.165) is 0 Å². The van der Waals surface area contributed by atoms with E-state index in [1.807, 2.05) is 30.3 Å². The van der Waals surface area contributed by atoms with Gasteiger partial charge in [-0.05, 0) is 21.5 Å². The van der Waals surface area contributed by atoms with E-state index in [2.05, 4.69) is 0 Å². The summed E-state index contributed by atoms with van der Waals surface area (Å²) in [6, 6.07) is 16.5. The average molecular weight is 374 g/mol. The zero-order valence-corrected chi connectivity index (χ0v) is 15.5. The first-order chi connectivity index (χ1) is 13.6. The Kier molecular flexibility index (Phi) is 5.39. The van der Waals surface area contributed by atoms with Crippen LogP contribution in [0.3, 0.4) is 0 Å². The number of ether oxygens (including phenoxy) is 2. The molecule has 6 heteroatoms. The lowest BCUT2D eigenvalue weighted by atomic mass is 9.93. The second-order valence-corrected chi connectivity index (χ2v) is 5.99. The second kappa shape index (κ2) is 7.91. The highest BCUT2D eigenvalue weighted by atomic mass is 16.5. The topological polar surface area (TPSA) is 102 Å². The van der Waals surface area contributed by atoms with Crippen molar-refractivity contribution in [3.8, 4) is 6.07 Å². The van der Waals surface area contributed by atoms with Crippen molar-refractivity contribution in [2.24, 2.45) is 5.73 Å². The molecule has 3 aromatic carbocycles. The van der Waals surface area contributed by atoms with Gasteiger partial charge in [0.05, 0.1) is 19.8 Å². The molecule has 2 N–H and O–H groups in total. The maximum atomic E-state index is 12.4. The lowest BCUT2D eigenvalue weighted by Gasteiger charge is -2.11. The average Bonchev–Trinajstić information content (AvgIpc) is 2.75. The highest BCUT2D eigenvalue weighted by Crippen LogP contribution is 2.17. The van der Waals surface area contributed by atoms with E-state index >= 15 is 0 Å². The molecule has 0 atom stereocenters. The zero-order chi connectivity index (χ0) is 20.3. The number of fused-ring (bicyclic) bond motifs is 2. The molecule has 0 unspecified atom stereocenters. The van der Waals surface area contributed by atoms with Gasteiger partial charge in [0.25, 0.3) is 0 Å². The summed E-state index contributed by atoms with van der Waals surface area (Å²) >= 11 is 0. The third-order valence-corrected chi connectivity index (χ3v) is 4.62. The van der Waals surface area contributed by atoms with Gasteiger partial charge in [0.2, 0.25) is 0 Å². The number of rotatable bonds is 3. The summed E-state index contributed by atoms with van der Waals surface area (Å²) in [5, 5.41) is 13.4. The van der Waals surface area contributed by atoms with Crippen molar-refractivity contribution in [3.05, 3.63) is 59.0 Å². The first-order valence-corrected chi connectivity index (χ1v) is 8.52. The van der Waals surface area contributed by atoms with Gasteiger partial charge in [0.15, 0.2) is 0 Å². The van der Waals surface area contributed by atoms with E-state index in [4.69, 9.17) is 15.2 Å². The Hall–Kier alpha value is -3.69. The number of carbonyl (C=O) groups is 2. The Morgan fingerprint density at radius 3 is 1.64 bits per heavy atom. The fourth-order valence-corrected chi connectivity index (χ4v) is 3.44. The van der Waals surface area contributed by atoms with Crippen LogP contribution < -0.4 is 16.2 Å². The van der Waals surface area contributed by atoms with Crippen LogP contribution in [-0.2, 0) is 19.1 Å². The van der Waals surface area contributed by atoms with Gasteiger partial charge in [-0.3, -0.25) is 0 Å². The molecule has 0 aliphatic heterocycles. The molecule has 0 aliphatic carbocycles. The molecule has 3 aromatic rings. The van der Waals surface area contributed by atoms with Crippen molar-refractivity contribution < 1.29 is 19.1 Å². The molecule has 0 amide bonds. The first kappa shape index (κ1) is 19.1. The smallest absolute Gasteiger partial charge is 0.349 e. The Bertz CT molecular complexity index is 1210. The summed E-state index contributed by atoms with van der Waals surface area (Å²) in [6.07, 6.45) is 0. The van der Waals surface area contributed by atoms with Gasteiger partial charge in [0, 0.05) is 17.0 Å². The van der Waals surface area contributed by atoms with Gasteiger partial charge in [-0.25, -0.2) is 9.59 Å². The Labute approximate surface area is 161 Å². The molecule has 0 heterocycles. The Morgan fingerprint density at radius 2 is 1.29 bits per heavy atom. The molecular formula is C22H18N2O4. The highest BCUT2D eigenvalue weighted by Gasteiger charge is 2.18. The van der Waals surface area contributed by atoms with Gasteiger partial charge in [-0.1, -0.05) is 48.5 Å². The van der Waals surface area contributed by atoms with Crippen molar-refractivity contribution in [1.29, 1.82) is 5.26 Å². The summed E-state index contributed by atoms with van der Waals surface area (Å²) in [5.41, 5.74) is 6.10. The van der Waals surface area contributed by atoms with Crippen LogP contribution in [0.1, 0.15) is 0 Å².